The molecule has 7 nitrogen and oxygen atoms in total. The summed E-state index contributed by atoms with van der Waals surface area (Å²) < 4.78 is 44.3. The molecule has 4 rings (SSSR count). The van der Waals surface area contributed by atoms with Crippen LogP contribution in [0.4, 0.5) is 13.2 Å². The van der Waals surface area contributed by atoms with Crippen molar-refractivity contribution in [2.45, 2.75) is 19.5 Å². The van der Waals surface area contributed by atoms with Crippen LogP contribution in [0.15, 0.2) is 29.2 Å². The van der Waals surface area contributed by atoms with Crippen LogP contribution in [-0.4, -0.2) is 57.7 Å². The Morgan fingerprint density at radius 2 is 1.93 bits per heavy atom. The summed E-state index contributed by atoms with van der Waals surface area (Å²) in [5.74, 6) is -0.0235. The van der Waals surface area contributed by atoms with Crippen molar-refractivity contribution in [3.05, 3.63) is 51.6 Å². The van der Waals surface area contributed by atoms with Crippen molar-refractivity contribution in [2.24, 2.45) is 0 Å². The van der Waals surface area contributed by atoms with Gasteiger partial charge < -0.3 is 9.72 Å². The number of aromatic nitrogens is 4. The van der Waals surface area contributed by atoms with Crippen LogP contribution in [0.3, 0.4) is 0 Å². The molecular formula is C20H20F3N5O2. The fourth-order valence-electron chi connectivity index (χ4n) is 3.42. The summed E-state index contributed by atoms with van der Waals surface area (Å²) in [5, 5.41) is 0. The van der Waals surface area contributed by atoms with Gasteiger partial charge in [0.25, 0.3) is 5.56 Å². The highest BCUT2D eigenvalue weighted by molar-refractivity contribution is 5.78. The van der Waals surface area contributed by atoms with Crippen LogP contribution in [0.5, 0.6) is 0 Å². The number of hydrogen-bond donors (Lipinski definition) is 1. The van der Waals surface area contributed by atoms with E-state index in [4.69, 9.17) is 4.74 Å². The van der Waals surface area contributed by atoms with Gasteiger partial charge in [0.05, 0.1) is 24.3 Å². The largest absolute Gasteiger partial charge is 0.416 e. The van der Waals surface area contributed by atoms with Crippen molar-refractivity contribution < 1.29 is 17.9 Å². The van der Waals surface area contributed by atoms with Gasteiger partial charge in [0.2, 0.25) is 0 Å². The predicted octanol–water partition coefficient (Wildman–Crippen LogP) is 2.58. The highest BCUT2D eigenvalue weighted by atomic mass is 19.4. The van der Waals surface area contributed by atoms with Gasteiger partial charge in [0.15, 0.2) is 11.3 Å². The maximum Gasteiger partial charge on any atom is 0.416 e. The molecule has 0 bridgehead atoms. The Bertz CT molecular complexity index is 1120. The zero-order chi connectivity index (χ0) is 21.3. The van der Waals surface area contributed by atoms with Crippen LogP contribution in [0, 0.1) is 6.92 Å². The van der Waals surface area contributed by atoms with Crippen LogP contribution in [-0.2, 0) is 17.3 Å². The number of rotatable bonds is 4. The lowest BCUT2D eigenvalue weighted by molar-refractivity contribution is -0.137. The highest BCUT2D eigenvalue weighted by Crippen LogP contribution is 2.30. The Morgan fingerprint density at radius 1 is 1.17 bits per heavy atom. The maximum absolute atomic E-state index is 13.0. The number of aryl methyl sites for hydroxylation is 1. The van der Waals surface area contributed by atoms with E-state index in [1.807, 2.05) is 6.07 Å². The third-order valence-electron chi connectivity index (χ3n) is 5.02. The molecule has 10 heteroatoms. The normalized spacial score (nSPS) is 15.6. The second kappa shape index (κ2) is 8.11. The molecule has 1 fully saturated rings. The van der Waals surface area contributed by atoms with Crippen LogP contribution in [0.1, 0.15) is 16.8 Å². The van der Waals surface area contributed by atoms with Gasteiger partial charge in [-0.25, -0.2) is 9.97 Å². The van der Waals surface area contributed by atoms with E-state index < -0.39 is 17.3 Å². The topological polar surface area (TPSA) is 84.0 Å². The zero-order valence-corrected chi connectivity index (χ0v) is 16.3. The molecule has 4 heterocycles. The molecule has 3 aromatic rings. The van der Waals surface area contributed by atoms with E-state index in [-0.39, 0.29) is 17.0 Å². The Hall–Kier alpha value is -2.85. The number of aromatic amines is 1. The fraction of sp³-hybridized carbons (Fsp3) is 0.400. The number of halogens is 3. The molecule has 0 spiro atoms. The number of fused-ring (bicyclic) bond motifs is 1. The first-order valence-corrected chi connectivity index (χ1v) is 9.55. The van der Waals surface area contributed by atoms with E-state index in [2.05, 4.69) is 24.8 Å². The maximum atomic E-state index is 13.0. The molecule has 1 N–H and O–H groups in total. The smallest absolute Gasteiger partial charge is 0.379 e. The lowest BCUT2D eigenvalue weighted by Gasteiger charge is -2.26. The van der Waals surface area contributed by atoms with Gasteiger partial charge in [-0.1, -0.05) is 0 Å². The number of H-pyrrole nitrogens is 1. The second-order valence-corrected chi connectivity index (χ2v) is 7.17. The summed E-state index contributed by atoms with van der Waals surface area (Å²) in [6.07, 6.45) is -2.79. The third-order valence-corrected chi connectivity index (χ3v) is 5.02. The zero-order valence-electron chi connectivity index (χ0n) is 16.3. The predicted molar refractivity (Wildman–Crippen MR) is 104 cm³/mol. The van der Waals surface area contributed by atoms with Crippen LogP contribution >= 0.6 is 0 Å². The molecule has 0 saturated carbocycles. The van der Waals surface area contributed by atoms with Gasteiger partial charge in [0, 0.05) is 37.9 Å². The number of alkyl halides is 3. The first-order chi connectivity index (χ1) is 14.3. The lowest BCUT2D eigenvalue weighted by atomic mass is 10.1. The van der Waals surface area contributed by atoms with Gasteiger partial charge in [-0.3, -0.25) is 14.7 Å². The Morgan fingerprint density at radius 3 is 2.67 bits per heavy atom. The minimum Gasteiger partial charge on any atom is -0.379 e. The average Bonchev–Trinajstić information content (AvgIpc) is 2.73. The second-order valence-electron chi connectivity index (χ2n) is 7.17. The van der Waals surface area contributed by atoms with E-state index in [0.29, 0.717) is 25.2 Å². The number of hydrogen-bond acceptors (Lipinski definition) is 6. The molecule has 30 heavy (non-hydrogen) atoms. The summed E-state index contributed by atoms with van der Waals surface area (Å²) >= 11 is 0. The molecule has 1 saturated heterocycles. The number of morpholine rings is 1. The average molecular weight is 419 g/mol. The molecule has 3 aromatic heterocycles. The van der Waals surface area contributed by atoms with Crippen molar-refractivity contribution in [3.8, 4) is 11.5 Å². The first kappa shape index (κ1) is 20.4. The number of ether oxygens (including phenoxy) is 1. The quantitative estimate of drug-likeness (QED) is 0.700. The number of nitrogens with one attached hydrogen (secondary N) is 1. The van der Waals surface area contributed by atoms with Gasteiger partial charge in [-0.15, -0.1) is 0 Å². The van der Waals surface area contributed by atoms with Crippen molar-refractivity contribution in [1.82, 2.24) is 24.8 Å². The summed E-state index contributed by atoms with van der Waals surface area (Å²) in [5.41, 5.74) is 0.597. The van der Waals surface area contributed by atoms with Gasteiger partial charge >= 0.3 is 6.18 Å². The van der Waals surface area contributed by atoms with Crippen LogP contribution in [0.2, 0.25) is 0 Å². The lowest BCUT2D eigenvalue weighted by Crippen LogP contribution is -2.37. The molecule has 0 atom stereocenters. The standard InChI is InChI=1S/C20H20F3N5O2/c1-12-10-14(3-5-28-6-8-30-9-7-28)25-17-16(12)26-18(27-19(17)29)15-11-13(2-4-24-15)20(21,22)23/h2,4,10-11H,3,5-9H2,1H3,(H,26,27,29). The molecule has 0 aromatic carbocycles. The van der Waals surface area contributed by atoms with Crippen molar-refractivity contribution in [3.63, 3.8) is 0 Å². The van der Waals surface area contributed by atoms with Gasteiger partial charge in [-0.2, -0.15) is 13.2 Å². The fourth-order valence-corrected chi connectivity index (χ4v) is 3.42. The monoisotopic (exact) mass is 419 g/mol. The summed E-state index contributed by atoms with van der Waals surface area (Å²) in [6.45, 7) is 5.75. The van der Waals surface area contributed by atoms with Crippen molar-refractivity contribution in [2.75, 3.05) is 32.8 Å². The molecule has 0 radical (unpaired) electrons. The molecule has 0 aliphatic carbocycles. The van der Waals surface area contributed by atoms with E-state index in [0.717, 1.165) is 49.2 Å². The molecule has 0 unspecified atom stereocenters. The highest BCUT2D eigenvalue weighted by Gasteiger charge is 2.31. The SMILES string of the molecule is Cc1cc(CCN2CCOCC2)nc2c(=O)[nH]c(-c3cc(C(F)(F)F)ccn3)nc12. The number of nitrogens with zero attached hydrogens (tertiary/aromatic N) is 4. The summed E-state index contributed by atoms with van der Waals surface area (Å²) in [7, 11) is 0. The van der Waals surface area contributed by atoms with Crippen LogP contribution < -0.4 is 5.56 Å². The van der Waals surface area contributed by atoms with Crippen LogP contribution in [0.25, 0.3) is 22.6 Å². The Balaban J connectivity index is 1.66. The van der Waals surface area contributed by atoms with Crippen molar-refractivity contribution in [1.29, 1.82) is 0 Å². The summed E-state index contributed by atoms with van der Waals surface area (Å²) in [6, 6.07) is 3.60. The van der Waals surface area contributed by atoms with E-state index >= 15 is 0 Å². The molecule has 1 aliphatic heterocycles. The van der Waals surface area contributed by atoms with Crippen molar-refractivity contribution >= 4 is 11.0 Å². The third kappa shape index (κ3) is 4.34. The number of pyridine rings is 2. The van der Waals surface area contributed by atoms with E-state index in [1.54, 1.807) is 6.92 Å². The Labute approximate surface area is 169 Å². The minimum atomic E-state index is -4.51. The Kier molecular flexibility index (Phi) is 5.52. The first-order valence-electron chi connectivity index (χ1n) is 9.55. The molecule has 1 aliphatic rings. The van der Waals surface area contributed by atoms with Gasteiger partial charge in [-0.05, 0) is 30.7 Å². The summed E-state index contributed by atoms with van der Waals surface area (Å²) in [4.78, 5) is 30.1. The molecule has 158 valence electrons. The minimum absolute atomic E-state index is 0.0235. The van der Waals surface area contributed by atoms with E-state index in [1.165, 1.54) is 0 Å². The van der Waals surface area contributed by atoms with E-state index in [9.17, 15) is 18.0 Å². The van der Waals surface area contributed by atoms with Gasteiger partial charge in [0.1, 0.15) is 5.69 Å². The molecular weight excluding hydrogens is 399 g/mol. The molecule has 0 amide bonds.